The first-order valence-corrected chi connectivity index (χ1v) is 9.11. The van der Waals surface area contributed by atoms with Gasteiger partial charge in [0.15, 0.2) is 0 Å². The van der Waals surface area contributed by atoms with Crippen LogP contribution in [0.4, 0.5) is 11.4 Å². The van der Waals surface area contributed by atoms with Gasteiger partial charge >= 0.3 is 0 Å². The zero-order valence-electron chi connectivity index (χ0n) is 12.2. The maximum absolute atomic E-state index is 12.7. The Bertz CT molecular complexity index is 554. The summed E-state index contributed by atoms with van der Waals surface area (Å²) in [6.07, 6.45) is 5.34. The van der Waals surface area contributed by atoms with E-state index >= 15 is 0 Å². The van der Waals surface area contributed by atoms with Crippen molar-refractivity contribution in [3.8, 4) is 0 Å². The van der Waals surface area contributed by atoms with E-state index in [1.165, 1.54) is 10.7 Å². The molecule has 0 amide bonds. The molecule has 1 aromatic carbocycles. The molecule has 0 aromatic heterocycles. The molecular formula is C15H24N2O3S. The molecule has 6 heteroatoms. The maximum Gasteiger partial charge on any atom is 0.235 e. The lowest BCUT2D eigenvalue weighted by molar-refractivity contribution is 0.306. The number of rotatable bonds is 6. The van der Waals surface area contributed by atoms with Gasteiger partial charge in [-0.05, 0) is 30.9 Å². The van der Waals surface area contributed by atoms with Crippen molar-refractivity contribution in [3.05, 3.63) is 24.3 Å². The van der Waals surface area contributed by atoms with E-state index in [-0.39, 0.29) is 24.8 Å². The van der Waals surface area contributed by atoms with Crippen molar-refractivity contribution in [2.24, 2.45) is 5.92 Å². The van der Waals surface area contributed by atoms with Crippen LogP contribution < -0.4 is 10.0 Å². The summed E-state index contributed by atoms with van der Waals surface area (Å²) in [7, 11) is -3.47. The molecule has 0 aliphatic heterocycles. The Balaban J connectivity index is 2.21. The van der Waals surface area contributed by atoms with Crippen LogP contribution in [-0.2, 0) is 10.0 Å². The van der Waals surface area contributed by atoms with Crippen molar-refractivity contribution in [3.63, 3.8) is 0 Å². The molecule has 5 nitrogen and oxygen atoms in total. The second-order valence-electron chi connectivity index (χ2n) is 5.64. The Kier molecular flexibility index (Phi) is 5.47. The van der Waals surface area contributed by atoms with Crippen LogP contribution in [-0.4, -0.2) is 32.4 Å². The minimum atomic E-state index is -3.47. The van der Waals surface area contributed by atoms with Gasteiger partial charge in [0.1, 0.15) is 0 Å². The number of nitrogens with zero attached hydrogens (tertiary/aromatic N) is 1. The van der Waals surface area contributed by atoms with Gasteiger partial charge in [-0.25, -0.2) is 8.42 Å². The van der Waals surface area contributed by atoms with Gasteiger partial charge in [-0.3, -0.25) is 4.31 Å². The Morgan fingerprint density at radius 2 is 1.86 bits per heavy atom. The average molecular weight is 312 g/mol. The summed E-state index contributed by atoms with van der Waals surface area (Å²) in [5, 5.41) is 9.21. The molecule has 21 heavy (non-hydrogen) atoms. The number of aliphatic hydroxyl groups excluding tert-OH is 1. The molecule has 0 radical (unpaired) electrons. The molecule has 0 heterocycles. The SMILES string of the molecule is Nc1ccccc1N(CCO)S(=O)(=O)CC1CCCCC1. The van der Waals surface area contributed by atoms with Crippen LogP contribution >= 0.6 is 0 Å². The predicted octanol–water partition coefficient (Wildman–Crippen LogP) is 1.98. The summed E-state index contributed by atoms with van der Waals surface area (Å²) >= 11 is 0. The van der Waals surface area contributed by atoms with Crippen LogP contribution in [0.25, 0.3) is 0 Å². The van der Waals surface area contributed by atoms with Gasteiger partial charge in [0.05, 0.1) is 30.3 Å². The summed E-state index contributed by atoms with van der Waals surface area (Å²) < 4.78 is 26.7. The second kappa shape index (κ2) is 7.13. The molecule has 118 valence electrons. The van der Waals surface area contributed by atoms with E-state index in [4.69, 9.17) is 5.73 Å². The van der Waals surface area contributed by atoms with Gasteiger partial charge < -0.3 is 10.8 Å². The van der Waals surface area contributed by atoms with Crippen molar-refractivity contribution in [2.45, 2.75) is 32.1 Å². The normalized spacial score (nSPS) is 16.8. The van der Waals surface area contributed by atoms with Crippen molar-refractivity contribution in [2.75, 3.05) is 28.9 Å². The highest BCUT2D eigenvalue weighted by atomic mass is 32.2. The fraction of sp³-hybridized carbons (Fsp3) is 0.600. The Labute approximate surface area is 126 Å². The van der Waals surface area contributed by atoms with Gasteiger partial charge in [0.2, 0.25) is 10.0 Å². The molecule has 0 atom stereocenters. The number of nitrogen functional groups attached to an aromatic ring is 1. The van der Waals surface area contributed by atoms with Crippen LogP contribution in [0.1, 0.15) is 32.1 Å². The quantitative estimate of drug-likeness (QED) is 0.787. The van der Waals surface area contributed by atoms with Crippen LogP contribution in [0, 0.1) is 5.92 Å². The lowest BCUT2D eigenvalue weighted by Crippen LogP contribution is -2.38. The molecule has 2 rings (SSSR count). The highest BCUT2D eigenvalue weighted by Gasteiger charge is 2.28. The van der Waals surface area contributed by atoms with Crippen molar-refractivity contribution >= 4 is 21.4 Å². The topological polar surface area (TPSA) is 83.6 Å². The summed E-state index contributed by atoms with van der Waals surface area (Å²) in [4.78, 5) is 0. The third kappa shape index (κ3) is 4.11. The zero-order chi connectivity index (χ0) is 15.3. The van der Waals surface area contributed by atoms with E-state index in [0.717, 1.165) is 25.7 Å². The van der Waals surface area contributed by atoms with Crippen LogP contribution in [0.2, 0.25) is 0 Å². The number of para-hydroxylation sites is 2. The van der Waals surface area contributed by atoms with Crippen LogP contribution in [0.3, 0.4) is 0 Å². The van der Waals surface area contributed by atoms with Gasteiger partial charge in [0, 0.05) is 0 Å². The van der Waals surface area contributed by atoms with E-state index in [1.54, 1.807) is 24.3 Å². The minimum absolute atomic E-state index is 0.0449. The minimum Gasteiger partial charge on any atom is -0.397 e. The summed E-state index contributed by atoms with van der Waals surface area (Å²) in [6.45, 7) is -0.179. The first-order valence-electron chi connectivity index (χ1n) is 7.50. The third-order valence-corrected chi connectivity index (χ3v) is 5.96. The van der Waals surface area contributed by atoms with E-state index in [2.05, 4.69) is 0 Å². The fourth-order valence-electron chi connectivity index (χ4n) is 2.96. The third-order valence-electron chi connectivity index (χ3n) is 4.02. The largest absolute Gasteiger partial charge is 0.397 e. The first-order chi connectivity index (χ1) is 10.0. The van der Waals surface area contributed by atoms with E-state index in [9.17, 15) is 13.5 Å². The van der Waals surface area contributed by atoms with Crippen molar-refractivity contribution < 1.29 is 13.5 Å². The molecule has 1 aliphatic carbocycles. The second-order valence-corrected chi connectivity index (χ2v) is 7.58. The monoisotopic (exact) mass is 312 g/mol. The fourth-order valence-corrected chi connectivity index (χ4v) is 4.89. The number of nitrogens with two attached hydrogens (primary N) is 1. The number of benzene rings is 1. The highest BCUT2D eigenvalue weighted by molar-refractivity contribution is 7.92. The van der Waals surface area contributed by atoms with E-state index in [0.29, 0.717) is 11.4 Å². The lowest BCUT2D eigenvalue weighted by atomic mass is 9.91. The number of hydrogen-bond donors (Lipinski definition) is 2. The summed E-state index contributed by atoms with van der Waals surface area (Å²) in [6, 6.07) is 6.88. The first kappa shape index (κ1) is 16.1. The number of aliphatic hydroxyl groups is 1. The summed E-state index contributed by atoms with van der Waals surface area (Å²) in [5.74, 6) is 0.358. The Morgan fingerprint density at radius 3 is 2.48 bits per heavy atom. The standard InChI is InChI=1S/C15H24N2O3S/c16-14-8-4-5-9-15(14)17(10-11-18)21(19,20)12-13-6-2-1-3-7-13/h4-5,8-9,13,18H,1-3,6-7,10-12,16H2. The van der Waals surface area contributed by atoms with Crippen LogP contribution in [0.5, 0.6) is 0 Å². The van der Waals surface area contributed by atoms with Gasteiger partial charge in [-0.2, -0.15) is 0 Å². The number of hydrogen-bond acceptors (Lipinski definition) is 4. The van der Waals surface area contributed by atoms with Gasteiger partial charge in [0.25, 0.3) is 0 Å². The molecule has 1 aliphatic rings. The number of sulfonamides is 1. The molecular weight excluding hydrogens is 288 g/mol. The molecule has 1 aromatic rings. The van der Waals surface area contributed by atoms with Crippen molar-refractivity contribution in [1.29, 1.82) is 0 Å². The van der Waals surface area contributed by atoms with Gasteiger partial charge in [-0.15, -0.1) is 0 Å². The lowest BCUT2D eigenvalue weighted by Gasteiger charge is -2.28. The average Bonchev–Trinajstić information content (AvgIpc) is 2.46. The molecule has 1 fully saturated rings. The van der Waals surface area contributed by atoms with Crippen molar-refractivity contribution in [1.82, 2.24) is 0 Å². The smallest absolute Gasteiger partial charge is 0.235 e. The maximum atomic E-state index is 12.7. The summed E-state index contributed by atoms with van der Waals surface area (Å²) in [5.41, 5.74) is 6.77. The predicted molar refractivity (Wildman–Crippen MR) is 85.6 cm³/mol. The molecule has 0 unspecified atom stereocenters. The highest BCUT2D eigenvalue weighted by Crippen LogP contribution is 2.29. The van der Waals surface area contributed by atoms with Crippen LogP contribution in [0.15, 0.2) is 24.3 Å². The molecule has 0 bridgehead atoms. The van der Waals surface area contributed by atoms with Gasteiger partial charge in [-0.1, -0.05) is 31.4 Å². The van der Waals surface area contributed by atoms with E-state index in [1.807, 2.05) is 0 Å². The molecule has 3 N–H and O–H groups in total. The molecule has 1 saturated carbocycles. The number of anilines is 2. The molecule has 0 spiro atoms. The van der Waals surface area contributed by atoms with E-state index < -0.39 is 10.0 Å². The Morgan fingerprint density at radius 1 is 1.19 bits per heavy atom. The Hall–Kier alpha value is -1.27. The molecule has 0 saturated heterocycles. The zero-order valence-corrected chi connectivity index (χ0v) is 13.1.